The van der Waals surface area contributed by atoms with Crippen LogP contribution < -0.4 is 11.1 Å². The first kappa shape index (κ1) is 29.5. The van der Waals surface area contributed by atoms with Crippen LogP contribution in [-0.2, 0) is 4.79 Å². The highest BCUT2D eigenvalue weighted by Crippen LogP contribution is 2.45. The zero-order valence-electron chi connectivity index (χ0n) is 21.9. The molecule has 0 unspecified atom stereocenters. The molecule has 1 aromatic heterocycles. The van der Waals surface area contributed by atoms with Crippen LogP contribution in [0.4, 0.5) is 5.13 Å². The SMILES string of the molecule is CN(C)C(=O)CN1CCN(c2nc(-c3ccc(C4CC(C)(O)C4)cc3)c(-c3ccccc3)s2)CC1.I.N. The van der Waals surface area contributed by atoms with Gasteiger partial charge in [-0.25, -0.2) is 4.98 Å². The van der Waals surface area contributed by atoms with Crippen molar-refractivity contribution in [3.8, 4) is 21.7 Å². The van der Waals surface area contributed by atoms with Crippen molar-refractivity contribution in [2.75, 3.05) is 51.7 Å². The van der Waals surface area contributed by atoms with Crippen LogP contribution in [0.3, 0.4) is 0 Å². The van der Waals surface area contributed by atoms with Crippen LogP contribution >= 0.6 is 35.3 Å². The molecular formula is C28H38IN5O2S. The van der Waals surface area contributed by atoms with E-state index in [1.807, 2.05) is 27.1 Å². The molecule has 0 spiro atoms. The zero-order chi connectivity index (χ0) is 24.6. The Hall–Kier alpha value is -2.05. The molecule has 0 radical (unpaired) electrons. The number of benzene rings is 2. The molecule has 9 heteroatoms. The number of carbonyl (C=O) groups is 1. The molecule has 37 heavy (non-hydrogen) atoms. The molecule has 2 fully saturated rings. The minimum Gasteiger partial charge on any atom is -0.390 e. The fourth-order valence-electron chi connectivity index (χ4n) is 5.01. The van der Waals surface area contributed by atoms with Crippen molar-refractivity contribution < 1.29 is 9.90 Å². The first-order valence-corrected chi connectivity index (χ1v) is 13.2. The normalized spacial score (nSPS) is 21.4. The van der Waals surface area contributed by atoms with E-state index in [9.17, 15) is 9.90 Å². The second-order valence-corrected chi connectivity index (χ2v) is 11.3. The molecule has 1 aliphatic carbocycles. The van der Waals surface area contributed by atoms with Crippen LogP contribution in [0, 0.1) is 0 Å². The monoisotopic (exact) mass is 635 g/mol. The maximum atomic E-state index is 12.1. The lowest BCUT2D eigenvalue weighted by Gasteiger charge is -2.41. The summed E-state index contributed by atoms with van der Waals surface area (Å²) in [5.41, 5.74) is 4.10. The summed E-state index contributed by atoms with van der Waals surface area (Å²) >= 11 is 1.75. The molecule has 7 nitrogen and oxygen atoms in total. The molecule has 1 saturated heterocycles. The third-order valence-electron chi connectivity index (χ3n) is 7.18. The average Bonchev–Trinajstić information content (AvgIpc) is 3.29. The van der Waals surface area contributed by atoms with Crippen molar-refractivity contribution >= 4 is 46.4 Å². The van der Waals surface area contributed by atoms with Crippen LogP contribution in [0.2, 0.25) is 0 Å². The Morgan fingerprint density at radius 2 is 1.65 bits per heavy atom. The van der Waals surface area contributed by atoms with Crippen molar-refractivity contribution in [3.05, 3.63) is 60.2 Å². The number of rotatable bonds is 6. The number of anilines is 1. The molecule has 4 N–H and O–H groups in total. The first-order chi connectivity index (χ1) is 16.8. The number of carbonyl (C=O) groups excluding carboxylic acids is 1. The summed E-state index contributed by atoms with van der Waals surface area (Å²) in [6.45, 7) is 5.83. The standard InChI is InChI=1S/C28H34N4O2S.HI.H3N/c1-28(34)17-23(18-28)20-9-11-21(12-10-20)25-26(22-7-5-4-6-8-22)35-27(29-25)32-15-13-31(14-16-32)19-24(33)30(2)3;;/h4-12,23,34H,13-19H2,1-3H3;1H;1H3. The fourth-order valence-corrected chi connectivity index (χ4v) is 6.15. The summed E-state index contributed by atoms with van der Waals surface area (Å²) < 4.78 is 0. The molecular weight excluding hydrogens is 597 g/mol. The number of halogens is 1. The summed E-state index contributed by atoms with van der Waals surface area (Å²) in [6, 6.07) is 19.2. The van der Waals surface area contributed by atoms with E-state index in [0.29, 0.717) is 12.5 Å². The van der Waals surface area contributed by atoms with Crippen molar-refractivity contribution in [3.63, 3.8) is 0 Å². The second kappa shape index (κ2) is 12.2. The predicted molar refractivity (Wildman–Crippen MR) is 163 cm³/mol. The third kappa shape index (κ3) is 6.69. The number of likely N-dealkylation sites (N-methyl/N-ethyl adjacent to an activating group) is 1. The maximum absolute atomic E-state index is 12.1. The van der Waals surface area contributed by atoms with E-state index < -0.39 is 5.60 Å². The summed E-state index contributed by atoms with van der Waals surface area (Å²) in [5, 5.41) is 11.2. The van der Waals surface area contributed by atoms with E-state index in [1.54, 1.807) is 16.2 Å². The smallest absolute Gasteiger partial charge is 0.236 e. The molecule has 1 amide bonds. The van der Waals surface area contributed by atoms with Gasteiger partial charge in [-0.1, -0.05) is 65.9 Å². The Labute approximate surface area is 241 Å². The molecule has 1 saturated carbocycles. The lowest BCUT2D eigenvalue weighted by Crippen LogP contribution is -2.49. The van der Waals surface area contributed by atoms with Crippen molar-refractivity contribution in [1.29, 1.82) is 0 Å². The van der Waals surface area contributed by atoms with Crippen LogP contribution in [0.15, 0.2) is 54.6 Å². The van der Waals surface area contributed by atoms with Gasteiger partial charge in [0, 0.05) is 45.8 Å². The van der Waals surface area contributed by atoms with E-state index in [0.717, 1.165) is 55.4 Å². The lowest BCUT2D eigenvalue weighted by molar-refractivity contribution is -0.129. The molecule has 0 bridgehead atoms. The Bertz CT molecular complexity index is 1170. The quantitative estimate of drug-likeness (QED) is 0.367. The first-order valence-electron chi connectivity index (χ1n) is 12.4. The molecule has 3 aromatic rings. The zero-order valence-corrected chi connectivity index (χ0v) is 25.0. The van der Waals surface area contributed by atoms with Gasteiger partial charge >= 0.3 is 0 Å². The number of thiazole rings is 1. The number of aliphatic hydroxyl groups is 1. The van der Waals surface area contributed by atoms with E-state index in [1.165, 1.54) is 16.0 Å². The molecule has 200 valence electrons. The average molecular weight is 636 g/mol. The Morgan fingerprint density at radius 1 is 1.03 bits per heavy atom. The van der Waals surface area contributed by atoms with Crippen molar-refractivity contribution in [2.45, 2.75) is 31.3 Å². The van der Waals surface area contributed by atoms with Crippen molar-refractivity contribution in [2.24, 2.45) is 0 Å². The minimum atomic E-state index is -0.516. The van der Waals surface area contributed by atoms with Gasteiger partial charge in [-0.3, -0.25) is 9.69 Å². The fraction of sp³-hybridized carbons (Fsp3) is 0.429. The molecule has 0 atom stereocenters. The van der Waals surface area contributed by atoms with Gasteiger partial charge in [-0.05, 0) is 36.8 Å². The third-order valence-corrected chi connectivity index (χ3v) is 8.35. The number of nitrogens with zero attached hydrogens (tertiary/aromatic N) is 4. The summed E-state index contributed by atoms with van der Waals surface area (Å²) in [6.07, 6.45) is 1.66. The maximum Gasteiger partial charge on any atom is 0.236 e. The topological polar surface area (TPSA) is 94.9 Å². The number of piperazine rings is 1. The Balaban J connectivity index is 0.00000190. The highest BCUT2D eigenvalue weighted by Gasteiger charge is 2.39. The number of aromatic nitrogens is 1. The van der Waals surface area contributed by atoms with Crippen LogP contribution in [-0.4, -0.2) is 78.2 Å². The van der Waals surface area contributed by atoms with Gasteiger partial charge in [0.2, 0.25) is 5.91 Å². The second-order valence-electron chi connectivity index (χ2n) is 10.3. The van der Waals surface area contributed by atoms with Crippen molar-refractivity contribution in [1.82, 2.24) is 20.9 Å². The Kier molecular flexibility index (Phi) is 9.73. The van der Waals surface area contributed by atoms with Gasteiger partial charge in [-0.15, -0.1) is 24.0 Å². The summed E-state index contributed by atoms with van der Waals surface area (Å²) in [7, 11) is 3.62. The molecule has 1 aliphatic heterocycles. The summed E-state index contributed by atoms with van der Waals surface area (Å²) in [5.74, 6) is 0.588. The van der Waals surface area contributed by atoms with Gasteiger partial charge in [0.1, 0.15) is 0 Å². The van der Waals surface area contributed by atoms with Gasteiger partial charge in [0.05, 0.1) is 22.7 Å². The number of hydrogen-bond acceptors (Lipinski definition) is 7. The van der Waals surface area contributed by atoms with Gasteiger partial charge in [-0.2, -0.15) is 0 Å². The molecule has 5 rings (SSSR count). The number of hydrogen-bond donors (Lipinski definition) is 2. The molecule has 2 aliphatic rings. The van der Waals surface area contributed by atoms with E-state index in [4.69, 9.17) is 4.98 Å². The lowest BCUT2D eigenvalue weighted by atomic mass is 9.69. The predicted octanol–water partition coefficient (Wildman–Crippen LogP) is 5.10. The van der Waals surface area contributed by atoms with Gasteiger partial charge in [0.25, 0.3) is 0 Å². The number of amides is 1. The summed E-state index contributed by atoms with van der Waals surface area (Å²) in [4.78, 5) is 24.6. The van der Waals surface area contributed by atoms with Gasteiger partial charge in [0.15, 0.2) is 5.13 Å². The van der Waals surface area contributed by atoms with Crippen LogP contribution in [0.25, 0.3) is 21.7 Å². The van der Waals surface area contributed by atoms with Crippen LogP contribution in [0.1, 0.15) is 31.2 Å². The molecule has 2 aromatic carbocycles. The van der Waals surface area contributed by atoms with E-state index in [-0.39, 0.29) is 36.0 Å². The van der Waals surface area contributed by atoms with Gasteiger partial charge < -0.3 is 21.1 Å². The van der Waals surface area contributed by atoms with Crippen LogP contribution in [0.5, 0.6) is 0 Å². The van der Waals surface area contributed by atoms with E-state index >= 15 is 0 Å². The highest BCUT2D eigenvalue weighted by molar-refractivity contribution is 14.0. The Morgan fingerprint density at radius 3 is 2.22 bits per heavy atom. The largest absolute Gasteiger partial charge is 0.390 e. The minimum absolute atomic E-state index is 0. The van der Waals surface area contributed by atoms with E-state index in [2.05, 4.69) is 58.3 Å². The highest BCUT2D eigenvalue weighted by atomic mass is 127. The molecule has 2 heterocycles.